The van der Waals surface area contributed by atoms with Crippen LogP contribution in [0, 0.1) is 11.6 Å². The van der Waals surface area contributed by atoms with Gasteiger partial charge < -0.3 is 4.90 Å². The maximum Gasteiger partial charge on any atom is 0.254 e. The van der Waals surface area contributed by atoms with Gasteiger partial charge in [0.2, 0.25) is 0 Å². The summed E-state index contributed by atoms with van der Waals surface area (Å²) in [5, 5.41) is 6.35. The highest BCUT2D eigenvalue weighted by Gasteiger charge is 2.20. The highest BCUT2D eigenvalue weighted by atomic mass is 19.2. The Morgan fingerprint density at radius 1 is 1.15 bits per heavy atom. The van der Waals surface area contributed by atoms with Crippen LogP contribution in [0.4, 0.5) is 14.5 Å². The van der Waals surface area contributed by atoms with E-state index in [2.05, 4.69) is 5.10 Å². The van der Waals surface area contributed by atoms with Gasteiger partial charge in [0, 0.05) is 31.3 Å². The van der Waals surface area contributed by atoms with Gasteiger partial charge in [-0.3, -0.25) is 9.80 Å². The fraction of sp³-hybridized carbons (Fsp3) is 0.300. The van der Waals surface area contributed by atoms with Gasteiger partial charge in [-0.15, -0.1) is 0 Å². The predicted molar refractivity (Wildman–Crippen MR) is 98.4 cm³/mol. The van der Waals surface area contributed by atoms with E-state index in [1.165, 1.54) is 11.0 Å². The molecule has 0 bridgehead atoms. The number of benzene rings is 2. The minimum Gasteiger partial charge on any atom is -0.335 e. The monoisotopic (exact) mass is 357 g/mol. The molecule has 0 aromatic heterocycles. The lowest BCUT2D eigenvalue weighted by Gasteiger charge is -2.26. The predicted octanol–water partition coefficient (Wildman–Crippen LogP) is 4.38. The Hall–Kier alpha value is -2.76. The fourth-order valence-electron chi connectivity index (χ4n) is 2.91. The number of rotatable bonds is 4. The summed E-state index contributed by atoms with van der Waals surface area (Å²) in [7, 11) is 1.65. The summed E-state index contributed by atoms with van der Waals surface area (Å²) in [6.45, 7) is 4.61. The summed E-state index contributed by atoms with van der Waals surface area (Å²) in [4.78, 5) is 14.2. The van der Waals surface area contributed by atoms with Gasteiger partial charge >= 0.3 is 0 Å². The molecule has 0 aliphatic carbocycles. The summed E-state index contributed by atoms with van der Waals surface area (Å²) in [5.74, 6) is -2.00. The summed E-state index contributed by atoms with van der Waals surface area (Å²) < 4.78 is 26.6. The average molecular weight is 357 g/mol. The molecule has 26 heavy (non-hydrogen) atoms. The number of anilines is 1. The Balaban J connectivity index is 1.74. The van der Waals surface area contributed by atoms with Crippen molar-refractivity contribution in [3.8, 4) is 0 Å². The SMILES string of the molecule is CC1=NN(c2ccc(C(=O)N(C)C(C)c3ccc(F)c(F)c3)cc2)CC1. The lowest BCUT2D eigenvalue weighted by molar-refractivity contribution is 0.0742. The largest absolute Gasteiger partial charge is 0.335 e. The maximum atomic E-state index is 13.5. The van der Waals surface area contributed by atoms with E-state index in [9.17, 15) is 13.6 Å². The third-order valence-electron chi connectivity index (χ3n) is 4.72. The van der Waals surface area contributed by atoms with Crippen molar-refractivity contribution in [2.24, 2.45) is 5.10 Å². The van der Waals surface area contributed by atoms with Crippen LogP contribution in [-0.4, -0.2) is 30.1 Å². The first-order chi connectivity index (χ1) is 12.4. The van der Waals surface area contributed by atoms with Crippen molar-refractivity contribution in [1.82, 2.24) is 4.90 Å². The van der Waals surface area contributed by atoms with Crippen LogP contribution in [-0.2, 0) is 0 Å². The van der Waals surface area contributed by atoms with E-state index < -0.39 is 11.6 Å². The molecule has 1 atom stereocenters. The van der Waals surface area contributed by atoms with Crippen molar-refractivity contribution in [2.45, 2.75) is 26.3 Å². The van der Waals surface area contributed by atoms with E-state index >= 15 is 0 Å². The third-order valence-corrected chi connectivity index (χ3v) is 4.72. The van der Waals surface area contributed by atoms with Gasteiger partial charge in [0.1, 0.15) is 0 Å². The maximum absolute atomic E-state index is 13.5. The van der Waals surface area contributed by atoms with E-state index in [0.29, 0.717) is 11.1 Å². The second-order valence-electron chi connectivity index (χ2n) is 6.52. The van der Waals surface area contributed by atoms with Gasteiger partial charge in [-0.25, -0.2) is 8.78 Å². The van der Waals surface area contributed by atoms with Crippen LogP contribution in [0.3, 0.4) is 0 Å². The molecule has 0 fully saturated rings. The van der Waals surface area contributed by atoms with Crippen LogP contribution in [0.15, 0.2) is 47.6 Å². The highest BCUT2D eigenvalue weighted by Crippen LogP contribution is 2.24. The van der Waals surface area contributed by atoms with E-state index in [1.54, 1.807) is 26.1 Å². The van der Waals surface area contributed by atoms with Gasteiger partial charge in [0.05, 0.1) is 11.7 Å². The molecule has 4 nitrogen and oxygen atoms in total. The molecule has 1 heterocycles. The van der Waals surface area contributed by atoms with E-state index in [1.807, 2.05) is 24.1 Å². The molecule has 1 aliphatic heterocycles. The van der Waals surface area contributed by atoms with Crippen molar-refractivity contribution in [1.29, 1.82) is 0 Å². The zero-order valence-electron chi connectivity index (χ0n) is 15.0. The Morgan fingerprint density at radius 2 is 1.85 bits per heavy atom. The average Bonchev–Trinajstić information content (AvgIpc) is 3.08. The topological polar surface area (TPSA) is 35.9 Å². The third kappa shape index (κ3) is 3.59. The van der Waals surface area contributed by atoms with E-state index in [0.717, 1.165) is 36.5 Å². The van der Waals surface area contributed by atoms with Gasteiger partial charge in [-0.2, -0.15) is 5.10 Å². The molecule has 136 valence electrons. The van der Waals surface area contributed by atoms with Gasteiger partial charge in [-0.1, -0.05) is 6.07 Å². The van der Waals surface area contributed by atoms with Crippen molar-refractivity contribution in [2.75, 3.05) is 18.6 Å². The first kappa shape index (κ1) is 18.0. The molecule has 3 rings (SSSR count). The number of amides is 1. The van der Waals surface area contributed by atoms with Gasteiger partial charge in [0.15, 0.2) is 11.6 Å². The zero-order valence-corrected chi connectivity index (χ0v) is 15.0. The molecule has 0 saturated carbocycles. The van der Waals surface area contributed by atoms with Gasteiger partial charge in [-0.05, 0) is 55.8 Å². The highest BCUT2D eigenvalue weighted by molar-refractivity contribution is 5.94. The molecule has 1 amide bonds. The fourth-order valence-corrected chi connectivity index (χ4v) is 2.91. The standard InChI is InChI=1S/C20H21F2N3O/c1-13-10-11-25(23-13)17-7-4-15(5-8-17)20(26)24(3)14(2)16-6-9-18(21)19(22)12-16/h4-9,12,14H,10-11H2,1-3H3. The Morgan fingerprint density at radius 3 is 2.42 bits per heavy atom. The zero-order chi connectivity index (χ0) is 18.8. The van der Waals surface area contributed by atoms with Crippen LogP contribution < -0.4 is 5.01 Å². The van der Waals surface area contributed by atoms with E-state index in [4.69, 9.17) is 0 Å². The summed E-state index contributed by atoms with van der Waals surface area (Å²) in [6, 6.07) is 10.6. The van der Waals surface area contributed by atoms with Crippen LogP contribution >= 0.6 is 0 Å². The van der Waals surface area contributed by atoms with Crippen molar-refractivity contribution in [3.63, 3.8) is 0 Å². The minimum absolute atomic E-state index is 0.185. The van der Waals surface area contributed by atoms with Crippen molar-refractivity contribution < 1.29 is 13.6 Å². The molecule has 1 unspecified atom stereocenters. The second-order valence-corrected chi connectivity index (χ2v) is 6.52. The normalized spacial score (nSPS) is 15.0. The first-order valence-corrected chi connectivity index (χ1v) is 8.50. The Bertz CT molecular complexity index is 849. The van der Waals surface area contributed by atoms with Crippen LogP contribution in [0.5, 0.6) is 0 Å². The number of halogens is 2. The molecule has 0 radical (unpaired) electrons. The molecule has 1 aliphatic rings. The number of hydrogen-bond donors (Lipinski definition) is 0. The van der Waals surface area contributed by atoms with Crippen molar-refractivity contribution in [3.05, 3.63) is 65.2 Å². The van der Waals surface area contributed by atoms with Crippen molar-refractivity contribution >= 4 is 17.3 Å². The smallest absolute Gasteiger partial charge is 0.254 e. The summed E-state index contributed by atoms with van der Waals surface area (Å²) in [5.41, 5.74) is 3.10. The molecule has 0 N–H and O–H groups in total. The molecule has 6 heteroatoms. The lowest BCUT2D eigenvalue weighted by Crippen LogP contribution is -2.29. The molecular weight excluding hydrogens is 336 g/mol. The number of nitrogens with zero attached hydrogens (tertiary/aromatic N) is 3. The number of carbonyl (C=O) groups excluding carboxylic acids is 1. The Kier molecular flexibility index (Phi) is 5.02. The first-order valence-electron chi connectivity index (χ1n) is 8.50. The lowest BCUT2D eigenvalue weighted by atomic mass is 10.1. The molecule has 2 aromatic carbocycles. The molecule has 0 saturated heterocycles. The number of hydrazone groups is 1. The summed E-state index contributed by atoms with van der Waals surface area (Å²) in [6.07, 6.45) is 0.940. The van der Waals surface area contributed by atoms with Gasteiger partial charge in [0.25, 0.3) is 5.91 Å². The minimum atomic E-state index is -0.916. The molecular formula is C20H21F2N3O. The van der Waals surface area contributed by atoms with Crippen LogP contribution in [0.2, 0.25) is 0 Å². The number of hydrogen-bond acceptors (Lipinski definition) is 3. The molecule has 2 aromatic rings. The Labute approximate surface area is 151 Å². The quantitative estimate of drug-likeness (QED) is 0.814. The van der Waals surface area contributed by atoms with Crippen LogP contribution in [0.25, 0.3) is 0 Å². The van der Waals surface area contributed by atoms with Crippen LogP contribution in [0.1, 0.15) is 42.2 Å². The summed E-state index contributed by atoms with van der Waals surface area (Å²) >= 11 is 0. The second kappa shape index (κ2) is 7.23. The van der Waals surface area contributed by atoms with E-state index in [-0.39, 0.29) is 11.9 Å². The number of carbonyl (C=O) groups is 1. The molecule has 0 spiro atoms.